The highest BCUT2D eigenvalue weighted by Gasteiger charge is 2.04. The lowest BCUT2D eigenvalue weighted by molar-refractivity contribution is 0.462. The van der Waals surface area contributed by atoms with Crippen molar-refractivity contribution in [1.82, 2.24) is 4.98 Å². The van der Waals surface area contributed by atoms with E-state index in [9.17, 15) is 0 Å². The fourth-order valence-corrected chi connectivity index (χ4v) is 2.01. The number of pyridine rings is 1. The molecule has 1 aromatic carbocycles. The zero-order chi connectivity index (χ0) is 13.0. The largest absolute Gasteiger partial charge is 0.439 e. The molecule has 1 heterocycles. The average Bonchev–Trinajstić information content (AvgIpc) is 2.41. The molecule has 94 valence electrons. The maximum Gasteiger partial charge on any atom is 0.219 e. The maximum atomic E-state index is 6.06. The summed E-state index contributed by atoms with van der Waals surface area (Å²) in [5.41, 5.74) is 2.04. The number of ether oxygens (including phenoxy) is 1. The Hall–Kier alpha value is -1.25. The smallest absolute Gasteiger partial charge is 0.219 e. The van der Waals surface area contributed by atoms with Crippen molar-refractivity contribution in [3.8, 4) is 11.6 Å². The van der Waals surface area contributed by atoms with Crippen LogP contribution in [0.25, 0.3) is 0 Å². The first-order chi connectivity index (χ1) is 8.72. The molecule has 1 aromatic heterocycles. The Bertz CT molecular complexity index is 543. The minimum absolute atomic E-state index is 0.444. The first-order valence-electron chi connectivity index (χ1n) is 5.70. The first-order valence-corrected chi connectivity index (χ1v) is 6.61. The quantitative estimate of drug-likeness (QED) is 0.749. The fraction of sp³-hybridized carbons (Fsp3) is 0.214. The van der Waals surface area contributed by atoms with Crippen LogP contribution in [0.15, 0.2) is 36.5 Å². The fourth-order valence-electron chi connectivity index (χ4n) is 1.60. The lowest BCUT2D eigenvalue weighted by Gasteiger charge is -2.08. The van der Waals surface area contributed by atoms with Gasteiger partial charge in [-0.25, -0.2) is 4.98 Å². The molecule has 0 aliphatic carbocycles. The van der Waals surface area contributed by atoms with Crippen molar-refractivity contribution < 1.29 is 4.74 Å². The zero-order valence-corrected chi connectivity index (χ0v) is 11.5. The predicted molar refractivity (Wildman–Crippen MR) is 74.7 cm³/mol. The second-order valence-electron chi connectivity index (χ2n) is 3.84. The van der Waals surface area contributed by atoms with Gasteiger partial charge in [-0.1, -0.05) is 18.5 Å². The number of hydrogen-bond donors (Lipinski definition) is 0. The molecule has 0 fully saturated rings. The Kier molecular flexibility index (Phi) is 4.45. The van der Waals surface area contributed by atoms with Gasteiger partial charge in [0.1, 0.15) is 5.75 Å². The molecule has 0 unspecified atom stereocenters. The number of nitrogens with zero attached hydrogens (tertiary/aromatic N) is 1. The molecule has 18 heavy (non-hydrogen) atoms. The van der Waals surface area contributed by atoms with E-state index in [0.29, 0.717) is 11.8 Å². The first kappa shape index (κ1) is 13.2. The summed E-state index contributed by atoms with van der Waals surface area (Å²) in [6.45, 7) is 2.05. The van der Waals surface area contributed by atoms with Gasteiger partial charge in [0.15, 0.2) is 0 Å². The van der Waals surface area contributed by atoms with Gasteiger partial charge in [0.05, 0.1) is 0 Å². The summed E-state index contributed by atoms with van der Waals surface area (Å²) in [4.78, 5) is 4.15. The average molecular weight is 282 g/mol. The van der Waals surface area contributed by atoms with Crippen molar-refractivity contribution in [2.45, 2.75) is 19.2 Å². The number of aromatic nitrogens is 1. The van der Waals surface area contributed by atoms with Crippen LogP contribution in [0.1, 0.15) is 18.1 Å². The molecule has 0 spiro atoms. The highest BCUT2D eigenvalue weighted by Crippen LogP contribution is 2.26. The molecule has 0 bridgehead atoms. The Morgan fingerprint density at radius 2 is 2.06 bits per heavy atom. The van der Waals surface area contributed by atoms with Crippen LogP contribution in [-0.4, -0.2) is 4.98 Å². The van der Waals surface area contributed by atoms with Gasteiger partial charge in [0.25, 0.3) is 0 Å². The normalized spacial score (nSPS) is 10.4. The maximum absolute atomic E-state index is 6.06. The number of hydrogen-bond acceptors (Lipinski definition) is 2. The van der Waals surface area contributed by atoms with E-state index in [1.807, 2.05) is 30.3 Å². The SMILES string of the molecule is CCc1cc(Oc2cc(CCl)ccn2)ccc1Cl. The van der Waals surface area contributed by atoms with Gasteiger partial charge >= 0.3 is 0 Å². The van der Waals surface area contributed by atoms with E-state index in [1.165, 1.54) is 0 Å². The number of aryl methyl sites for hydroxylation is 1. The second-order valence-corrected chi connectivity index (χ2v) is 4.52. The Balaban J connectivity index is 2.22. The van der Waals surface area contributed by atoms with E-state index in [2.05, 4.69) is 11.9 Å². The Labute approximate surface area is 117 Å². The van der Waals surface area contributed by atoms with Crippen LogP contribution in [0, 0.1) is 0 Å². The minimum atomic E-state index is 0.444. The third-order valence-electron chi connectivity index (χ3n) is 2.57. The van der Waals surface area contributed by atoms with Crippen molar-refractivity contribution in [2.24, 2.45) is 0 Å². The van der Waals surface area contributed by atoms with Gasteiger partial charge in [-0.2, -0.15) is 0 Å². The summed E-state index contributed by atoms with van der Waals surface area (Å²) in [5, 5.41) is 0.757. The van der Waals surface area contributed by atoms with Crippen molar-refractivity contribution >= 4 is 23.2 Å². The summed E-state index contributed by atoms with van der Waals surface area (Å²) >= 11 is 11.8. The number of benzene rings is 1. The van der Waals surface area contributed by atoms with E-state index in [-0.39, 0.29) is 0 Å². The van der Waals surface area contributed by atoms with Crippen molar-refractivity contribution in [1.29, 1.82) is 0 Å². The zero-order valence-electron chi connectivity index (χ0n) is 9.99. The van der Waals surface area contributed by atoms with Gasteiger partial charge in [0.2, 0.25) is 5.88 Å². The van der Waals surface area contributed by atoms with Gasteiger partial charge in [0, 0.05) is 23.2 Å². The van der Waals surface area contributed by atoms with E-state index < -0.39 is 0 Å². The summed E-state index contributed by atoms with van der Waals surface area (Å²) < 4.78 is 5.69. The van der Waals surface area contributed by atoms with Gasteiger partial charge in [-0.15, -0.1) is 11.6 Å². The number of alkyl halides is 1. The van der Waals surface area contributed by atoms with Gasteiger partial charge in [-0.3, -0.25) is 0 Å². The van der Waals surface area contributed by atoms with Crippen molar-refractivity contribution in [2.75, 3.05) is 0 Å². The summed E-state index contributed by atoms with van der Waals surface area (Å²) in [6.07, 6.45) is 2.55. The van der Waals surface area contributed by atoms with Gasteiger partial charge < -0.3 is 4.74 Å². The van der Waals surface area contributed by atoms with Gasteiger partial charge in [-0.05, 0) is 41.8 Å². The summed E-state index contributed by atoms with van der Waals surface area (Å²) in [7, 11) is 0. The standard InChI is InChI=1S/C14H13Cl2NO/c1-2-11-8-12(3-4-13(11)16)18-14-7-10(9-15)5-6-17-14/h3-8H,2,9H2,1H3. The Morgan fingerprint density at radius 1 is 1.22 bits per heavy atom. The molecule has 0 saturated carbocycles. The molecule has 2 rings (SSSR count). The highest BCUT2D eigenvalue weighted by atomic mass is 35.5. The topological polar surface area (TPSA) is 22.1 Å². The molecular weight excluding hydrogens is 269 g/mol. The van der Waals surface area contributed by atoms with Crippen LogP contribution >= 0.6 is 23.2 Å². The highest BCUT2D eigenvalue weighted by molar-refractivity contribution is 6.31. The molecule has 0 amide bonds. The second kappa shape index (κ2) is 6.07. The van der Waals surface area contributed by atoms with Crippen LogP contribution in [0.4, 0.5) is 0 Å². The van der Waals surface area contributed by atoms with Crippen LogP contribution in [0.3, 0.4) is 0 Å². The molecule has 0 aliphatic heterocycles. The number of rotatable bonds is 4. The molecule has 0 aliphatic rings. The van der Waals surface area contributed by atoms with Crippen molar-refractivity contribution in [3.63, 3.8) is 0 Å². The molecule has 2 nitrogen and oxygen atoms in total. The van der Waals surface area contributed by atoms with Crippen LogP contribution in [0.2, 0.25) is 5.02 Å². The molecule has 0 radical (unpaired) electrons. The lowest BCUT2D eigenvalue weighted by Crippen LogP contribution is -1.91. The third kappa shape index (κ3) is 3.15. The molecule has 0 saturated heterocycles. The predicted octanol–water partition coefficient (Wildman–Crippen LogP) is 4.83. The molecule has 4 heteroatoms. The molecule has 2 aromatic rings. The van der Waals surface area contributed by atoms with E-state index in [1.54, 1.807) is 6.20 Å². The van der Waals surface area contributed by atoms with E-state index in [4.69, 9.17) is 27.9 Å². The van der Waals surface area contributed by atoms with Crippen LogP contribution < -0.4 is 4.74 Å². The molecular formula is C14H13Cl2NO. The van der Waals surface area contributed by atoms with Crippen LogP contribution in [-0.2, 0) is 12.3 Å². The molecule has 0 atom stereocenters. The Morgan fingerprint density at radius 3 is 2.78 bits per heavy atom. The van der Waals surface area contributed by atoms with E-state index in [0.717, 1.165) is 28.3 Å². The monoisotopic (exact) mass is 281 g/mol. The lowest BCUT2D eigenvalue weighted by atomic mass is 10.1. The van der Waals surface area contributed by atoms with Crippen LogP contribution in [0.5, 0.6) is 11.6 Å². The third-order valence-corrected chi connectivity index (χ3v) is 3.25. The van der Waals surface area contributed by atoms with E-state index >= 15 is 0 Å². The van der Waals surface area contributed by atoms with Crippen molar-refractivity contribution in [3.05, 3.63) is 52.7 Å². The number of halogens is 2. The molecule has 0 N–H and O–H groups in total. The summed E-state index contributed by atoms with van der Waals surface area (Å²) in [6, 6.07) is 9.28. The summed E-state index contributed by atoms with van der Waals surface area (Å²) in [5.74, 6) is 1.72. The minimum Gasteiger partial charge on any atom is -0.439 e.